The molecule has 0 radical (unpaired) electrons. The number of halogens is 3. The molecule has 0 saturated carbocycles. The molecule has 0 fully saturated rings. The average molecular weight is 245 g/mol. The van der Waals surface area contributed by atoms with Crippen LogP contribution in [-0.4, -0.2) is 24.8 Å². The average Bonchev–Trinajstić information content (AvgIpc) is 2.57. The second-order valence-corrected chi connectivity index (χ2v) is 3.69. The summed E-state index contributed by atoms with van der Waals surface area (Å²) in [5.41, 5.74) is 6.85. The third kappa shape index (κ3) is 2.61. The summed E-state index contributed by atoms with van der Waals surface area (Å²) >= 11 is 0. The van der Waals surface area contributed by atoms with Crippen molar-refractivity contribution in [3.63, 3.8) is 0 Å². The van der Waals surface area contributed by atoms with Crippen LogP contribution in [-0.2, 0) is 0 Å². The molecule has 0 aliphatic rings. The van der Waals surface area contributed by atoms with E-state index < -0.39 is 12.7 Å². The maximum atomic E-state index is 12.2. The van der Waals surface area contributed by atoms with Gasteiger partial charge in [-0.2, -0.15) is 18.2 Å². The van der Waals surface area contributed by atoms with Crippen molar-refractivity contribution in [1.29, 1.82) is 0 Å². The van der Waals surface area contributed by atoms with Crippen molar-refractivity contribution in [1.82, 2.24) is 4.98 Å². The zero-order chi connectivity index (χ0) is 12.6. The van der Waals surface area contributed by atoms with Gasteiger partial charge in [-0.3, -0.25) is 0 Å². The minimum absolute atomic E-state index is 0.0806. The van der Waals surface area contributed by atoms with Gasteiger partial charge in [0.2, 0.25) is 0 Å². The predicted octanol–water partition coefficient (Wildman–Crippen LogP) is 2.41. The fourth-order valence-corrected chi connectivity index (χ4v) is 1.43. The number of alkyl halides is 3. The van der Waals surface area contributed by atoms with Crippen molar-refractivity contribution in [3.8, 4) is 0 Å². The van der Waals surface area contributed by atoms with Gasteiger partial charge in [0, 0.05) is 18.8 Å². The number of nitrogens with zero attached hydrogens (tertiary/aromatic N) is 2. The first kappa shape index (κ1) is 11.6. The van der Waals surface area contributed by atoms with Crippen LogP contribution in [0.25, 0.3) is 11.1 Å². The molecule has 4 nitrogen and oxygen atoms in total. The van der Waals surface area contributed by atoms with Crippen LogP contribution >= 0.6 is 0 Å². The fourth-order valence-electron chi connectivity index (χ4n) is 1.43. The molecular weight excluding hydrogens is 235 g/mol. The number of hydrogen-bond donors (Lipinski definition) is 1. The third-order valence-electron chi connectivity index (χ3n) is 2.14. The minimum Gasteiger partial charge on any atom is -0.423 e. The number of nitrogens with two attached hydrogens (primary N) is 1. The highest BCUT2D eigenvalue weighted by molar-refractivity contribution is 5.78. The Bertz CT molecular complexity index is 535. The Morgan fingerprint density at radius 1 is 1.41 bits per heavy atom. The number of nitrogen functional groups attached to an aromatic ring is 1. The molecule has 0 unspecified atom stereocenters. The zero-order valence-electron chi connectivity index (χ0n) is 8.95. The highest BCUT2D eigenvalue weighted by atomic mass is 19.4. The molecular formula is C10H10F3N3O. The summed E-state index contributed by atoms with van der Waals surface area (Å²) < 4.78 is 41.7. The lowest BCUT2D eigenvalue weighted by molar-refractivity contribution is -0.119. The normalized spacial score (nSPS) is 12.0. The highest BCUT2D eigenvalue weighted by Gasteiger charge is 2.31. The molecule has 0 saturated heterocycles. The highest BCUT2D eigenvalue weighted by Crippen LogP contribution is 2.25. The van der Waals surface area contributed by atoms with Gasteiger partial charge in [0.1, 0.15) is 12.1 Å². The molecule has 0 atom stereocenters. The predicted molar refractivity (Wildman–Crippen MR) is 57.7 cm³/mol. The van der Waals surface area contributed by atoms with Crippen LogP contribution in [0.15, 0.2) is 22.6 Å². The quantitative estimate of drug-likeness (QED) is 0.825. The topological polar surface area (TPSA) is 55.3 Å². The summed E-state index contributed by atoms with van der Waals surface area (Å²) in [5.74, 6) is 0. The first-order valence-electron chi connectivity index (χ1n) is 4.79. The summed E-state index contributed by atoms with van der Waals surface area (Å²) in [7, 11) is 1.27. The first-order valence-corrected chi connectivity index (χ1v) is 4.79. The van der Waals surface area contributed by atoms with Gasteiger partial charge in [-0.1, -0.05) is 0 Å². The van der Waals surface area contributed by atoms with Crippen LogP contribution in [0.4, 0.5) is 24.9 Å². The fraction of sp³-hybridized carbons (Fsp3) is 0.300. The monoisotopic (exact) mass is 245 g/mol. The van der Waals surface area contributed by atoms with Crippen LogP contribution in [0.3, 0.4) is 0 Å². The standard InChI is InChI=1S/C10H10F3N3O/c1-16(5-10(11,12)13)9-15-7-3-2-6(14)4-8(7)17-9/h2-4H,5,14H2,1H3. The molecule has 2 N–H and O–H groups in total. The Morgan fingerprint density at radius 3 is 2.76 bits per heavy atom. The van der Waals surface area contributed by atoms with Crippen molar-refractivity contribution in [2.75, 3.05) is 24.2 Å². The number of fused-ring (bicyclic) bond motifs is 1. The SMILES string of the molecule is CN(CC(F)(F)F)c1nc2ccc(N)cc2o1. The number of anilines is 2. The molecule has 17 heavy (non-hydrogen) atoms. The van der Waals surface area contributed by atoms with Gasteiger partial charge in [-0.25, -0.2) is 0 Å². The number of aromatic nitrogens is 1. The van der Waals surface area contributed by atoms with Crippen molar-refractivity contribution in [2.24, 2.45) is 0 Å². The van der Waals surface area contributed by atoms with Crippen molar-refractivity contribution in [2.45, 2.75) is 6.18 Å². The van der Waals surface area contributed by atoms with E-state index in [2.05, 4.69) is 4.98 Å². The first-order chi connectivity index (χ1) is 7.85. The van der Waals surface area contributed by atoms with E-state index in [0.29, 0.717) is 16.8 Å². The van der Waals surface area contributed by atoms with Gasteiger partial charge in [-0.05, 0) is 12.1 Å². The Morgan fingerprint density at radius 2 is 2.12 bits per heavy atom. The number of oxazole rings is 1. The van der Waals surface area contributed by atoms with Crippen LogP contribution < -0.4 is 10.6 Å². The zero-order valence-corrected chi connectivity index (χ0v) is 8.95. The Hall–Kier alpha value is -1.92. The molecule has 2 rings (SSSR count). The van der Waals surface area contributed by atoms with Crippen molar-refractivity contribution >= 4 is 22.8 Å². The van der Waals surface area contributed by atoms with Crippen LogP contribution in [0.2, 0.25) is 0 Å². The van der Waals surface area contributed by atoms with Gasteiger partial charge in [-0.15, -0.1) is 0 Å². The smallest absolute Gasteiger partial charge is 0.406 e. The summed E-state index contributed by atoms with van der Waals surface area (Å²) in [4.78, 5) is 4.84. The van der Waals surface area contributed by atoms with Crippen molar-refractivity contribution < 1.29 is 17.6 Å². The number of hydrogen-bond acceptors (Lipinski definition) is 4. The van der Waals surface area contributed by atoms with E-state index in [0.717, 1.165) is 4.90 Å². The molecule has 92 valence electrons. The Balaban J connectivity index is 2.30. The van der Waals surface area contributed by atoms with Crippen molar-refractivity contribution in [3.05, 3.63) is 18.2 Å². The van der Waals surface area contributed by atoms with E-state index in [9.17, 15) is 13.2 Å². The summed E-state index contributed by atoms with van der Waals surface area (Å²) in [6.45, 7) is -1.12. The number of rotatable bonds is 2. The summed E-state index contributed by atoms with van der Waals surface area (Å²) in [6, 6.07) is 4.65. The second kappa shape index (κ2) is 3.83. The Kier molecular flexibility index (Phi) is 2.60. The van der Waals surface area contributed by atoms with Crippen LogP contribution in [0, 0.1) is 0 Å². The lowest BCUT2D eigenvalue weighted by atomic mass is 10.3. The lowest BCUT2D eigenvalue weighted by Crippen LogP contribution is -2.30. The molecule has 0 bridgehead atoms. The minimum atomic E-state index is -4.30. The molecule has 0 aliphatic carbocycles. The van der Waals surface area contributed by atoms with Gasteiger partial charge in [0.05, 0.1) is 0 Å². The Labute approximate surface area is 94.8 Å². The molecule has 2 aromatic rings. The molecule has 0 amide bonds. The second-order valence-electron chi connectivity index (χ2n) is 3.69. The maximum Gasteiger partial charge on any atom is 0.406 e. The molecule has 1 aromatic carbocycles. The van der Waals surface area contributed by atoms with Gasteiger partial charge < -0.3 is 15.1 Å². The number of benzene rings is 1. The summed E-state index contributed by atoms with van der Waals surface area (Å²) in [6.07, 6.45) is -4.30. The molecule has 0 aliphatic heterocycles. The van der Waals surface area contributed by atoms with Crippen LogP contribution in [0.5, 0.6) is 0 Å². The summed E-state index contributed by atoms with van der Waals surface area (Å²) in [5, 5.41) is 0. The van der Waals surface area contributed by atoms with E-state index in [1.54, 1.807) is 12.1 Å². The molecule has 7 heteroatoms. The maximum absolute atomic E-state index is 12.2. The molecule has 0 spiro atoms. The van der Waals surface area contributed by atoms with E-state index in [1.807, 2.05) is 0 Å². The van der Waals surface area contributed by atoms with Gasteiger partial charge in [0.25, 0.3) is 6.01 Å². The van der Waals surface area contributed by atoms with Crippen LogP contribution in [0.1, 0.15) is 0 Å². The van der Waals surface area contributed by atoms with E-state index in [4.69, 9.17) is 10.2 Å². The van der Waals surface area contributed by atoms with E-state index in [1.165, 1.54) is 13.1 Å². The van der Waals surface area contributed by atoms with E-state index >= 15 is 0 Å². The largest absolute Gasteiger partial charge is 0.423 e. The van der Waals surface area contributed by atoms with Gasteiger partial charge in [0.15, 0.2) is 5.58 Å². The van der Waals surface area contributed by atoms with E-state index in [-0.39, 0.29) is 6.01 Å². The van der Waals surface area contributed by atoms with Gasteiger partial charge >= 0.3 is 6.18 Å². The lowest BCUT2D eigenvalue weighted by Gasteiger charge is -2.15. The third-order valence-corrected chi connectivity index (χ3v) is 2.14. The molecule has 1 heterocycles. The molecule has 1 aromatic heterocycles.